The molecule has 178 valence electrons. The highest BCUT2D eigenvalue weighted by molar-refractivity contribution is 7.09. The van der Waals surface area contributed by atoms with Crippen molar-refractivity contribution >= 4 is 34.9 Å². The Bertz CT molecular complexity index is 1120. The van der Waals surface area contributed by atoms with Gasteiger partial charge < -0.3 is 20.7 Å². The van der Waals surface area contributed by atoms with Gasteiger partial charge in [-0.3, -0.25) is 4.79 Å². The van der Waals surface area contributed by atoms with Crippen LogP contribution in [0.4, 0.5) is 10.5 Å². The van der Waals surface area contributed by atoms with E-state index in [2.05, 4.69) is 20.9 Å². The number of nitrogens with zero attached hydrogens (tertiary/aromatic N) is 1. The molecule has 0 spiro atoms. The molecule has 3 N–H and O–H groups in total. The number of anilines is 1. The number of aryl methyl sites for hydroxylation is 1. The third-order valence-electron chi connectivity index (χ3n) is 4.66. The summed E-state index contributed by atoms with van der Waals surface area (Å²) in [5.41, 5.74) is 3.72. The predicted octanol–water partition coefficient (Wildman–Crippen LogP) is 4.20. The van der Waals surface area contributed by atoms with Gasteiger partial charge in [0, 0.05) is 23.7 Å². The van der Waals surface area contributed by atoms with Crippen molar-refractivity contribution in [2.45, 2.75) is 46.4 Å². The number of esters is 1. The van der Waals surface area contributed by atoms with Gasteiger partial charge >= 0.3 is 12.0 Å². The number of nitrogens with one attached hydrogen (secondary N) is 3. The van der Waals surface area contributed by atoms with Crippen LogP contribution in [0.25, 0.3) is 0 Å². The Morgan fingerprint density at radius 2 is 1.74 bits per heavy atom. The number of urea groups is 1. The van der Waals surface area contributed by atoms with Gasteiger partial charge in [0.1, 0.15) is 11.6 Å². The van der Waals surface area contributed by atoms with E-state index >= 15 is 0 Å². The third-order valence-corrected chi connectivity index (χ3v) is 5.56. The summed E-state index contributed by atoms with van der Waals surface area (Å²) in [6.07, 6.45) is 0.150. The first-order valence-corrected chi connectivity index (χ1v) is 11.8. The summed E-state index contributed by atoms with van der Waals surface area (Å²) >= 11 is 1.35. The van der Waals surface area contributed by atoms with E-state index < -0.39 is 5.97 Å². The van der Waals surface area contributed by atoms with Gasteiger partial charge in [-0.2, -0.15) is 0 Å². The van der Waals surface area contributed by atoms with Gasteiger partial charge in [-0.1, -0.05) is 29.8 Å². The van der Waals surface area contributed by atoms with Crippen molar-refractivity contribution in [3.8, 4) is 0 Å². The predicted molar refractivity (Wildman–Crippen MR) is 132 cm³/mol. The number of hydrogen-bond acceptors (Lipinski definition) is 6. The Hall–Kier alpha value is -3.72. The molecule has 0 saturated heterocycles. The second-order valence-corrected chi connectivity index (χ2v) is 9.02. The van der Waals surface area contributed by atoms with Crippen LogP contribution < -0.4 is 16.0 Å². The molecular formula is C25H28N4O4S. The van der Waals surface area contributed by atoms with Crippen molar-refractivity contribution < 1.29 is 19.1 Å². The quantitative estimate of drug-likeness (QED) is 0.398. The summed E-state index contributed by atoms with van der Waals surface area (Å²) < 4.78 is 5.35. The van der Waals surface area contributed by atoms with E-state index in [0.29, 0.717) is 22.8 Å². The average Bonchev–Trinajstić information content (AvgIpc) is 3.24. The van der Waals surface area contributed by atoms with Crippen molar-refractivity contribution in [2.24, 2.45) is 0 Å². The molecule has 0 unspecified atom stereocenters. The molecule has 0 aliphatic rings. The zero-order chi connectivity index (χ0) is 24.5. The molecule has 3 rings (SSSR count). The maximum atomic E-state index is 12.3. The van der Waals surface area contributed by atoms with Crippen LogP contribution in [-0.2, 0) is 29.1 Å². The molecule has 2 aromatic carbocycles. The SMILES string of the molecule is Cc1ccc(NC(=O)Cc2nc(COC(=O)c3ccc(CNC(=O)NC(C)C)cc3)cs2)cc1. The fraction of sp³-hybridized carbons (Fsp3) is 0.280. The molecule has 0 bridgehead atoms. The van der Waals surface area contributed by atoms with Gasteiger partial charge in [-0.25, -0.2) is 14.6 Å². The van der Waals surface area contributed by atoms with E-state index in [1.54, 1.807) is 29.6 Å². The molecule has 0 aliphatic heterocycles. The molecule has 3 amide bonds. The van der Waals surface area contributed by atoms with Gasteiger partial charge in [-0.15, -0.1) is 11.3 Å². The van der Waals surface area contributed by atoms with E-state index in [9.17, 15) is 14.4 Å². The van der Waals surface area contributed by atoms with Crippen LogP contribution in [0.2, 0.25) is 0 Å². The van der Waals surface area contributed by atoms with Crippen molar-refractivity contribution in [1.82, 2.24) is 15.6 Å². The number of ether oxygens (including phenoxy) is 1. The van der Waals surface area contributed by atoms with Crippen molar-refractivity contribution in [1.29, 1.82) is 0 Å². The molecule has 1 heterocycles. The smallest absolute Gasteiger partial charge is 0.338 e. The normalized spacial score (nSPS) is 10.6. The topological polar surface area (TPSA) is 109 Å². The standard InChI is InChI=1S/C25H28N4O4S/c1-16(2)27-25(32)26-13-18-6-8-19(9-7-18)24(31)33-14-21-15-34-23(29-21)12-22(30)28-20-10-4-17(3)5-11-20/h4-11,15-16H,12-14H2,1-3H3,(H,28,30)(H2,26,27,32). The van der Waals surface area contributed by atoms with Crippen molar-refractivity contribution in [3.05, 3.63) is 81.3 Å². The number of carbonyl (C=O) groups is 3. The third kappa shape index (κ3) is 8.00. The highest BCUT2D eigenvalue weighted by Gasteiger charge is 2.12. The largest absolute Gasteiger partial charge is 0.456 e. The minimum Gasteiger partial charge on any atom is -0.456 e. The second-order valence-electron chi connectivity index (χ2n) is 8.08. The van der Waals surface area contributed by atoms with Crippen LogP contribution in [0.1, 0.15) is 46.0 Å². The maximum Gasteiger partial charge on any atom is 0.338 e. The molecule has 9 heteroatoms. The van der Waals surface area contributed by atoms with Gasteiger partial charge in [-0.05, 0) is 50.6 Å². The lowest BCUT2D eigenvalue weighted by atomic mass is 10.1. The molecular weight excluding hydrogens is 452 g/mol. The first-order valence-electron chi connectivity index (χ1n) is 10.9. The van der Waals surface area contributed by atoms with Gasteiger partial charge in [0.05, 0.1) is 17.7 Å². The molecule has 34 heavy (non-hydrogen) atoms. The lowest BCUT2D eigenvalue weighted by Gasteiger charge is -2.10. The summed E-state index contributed by atoms with van der Waals surface area (Å²) in [5.74, 6) is -0.623. The van der Waals surface area contributed by atoms with Crippen LogP contribution in [0.15, 0.2) is 53.9 Å². The number of rotatable bonds is 9. The number of aromatic nitrogens is 1. The Morgan fingerprint density at radius 1 is 1.03 bits per heavy atom. The number of benzene rings is 2. The first-order chi connectivity index (χ1) is 16.3. The van der Waals surface area contributed by atoms with E-state index in [0.717, 1.165) is 16.8 Å². The van der Waals surface area contributed by atoms with Crippen LogP contribution in [0.3, 0.4) is 0 Å². The zero-order valence-corrected chi connectivity index (χ0v) is 20.2. The second kappa shape index (κ2) is 11.9. The zero-order valence-electron chi connectivity index (χ0n) is 19.4. The summed E-state index contributed by atoms with van der Waals surface area (Å²) in [6, 6.07) is 14.2. The lowest BCUT2D eigenvalue weighted by molar-refractivity contribution is -0.115. The first kappa shape index (κ1) is 24.9. The van der Waals surface area contributed by atoms with Crippen molar-refractivity contribution in [3.63, 3.8) is 0 Å². The highest BCUT2D eigenvalue weighted by atomic mass is 32.1. The van der Waals surface area contributed by atoms with Crippen molar-refractivity contribution in [2.75, 3.05) is 5.32 Å². The molecule has 3 aromatic rings. The van der Waals surface area contributed by atoms with Crippen LogP contribution in [-0.4, -0.2) is 28.9 Å². The molecule has 0 saturated carbocycles. The summed E-state index contributed by atoms with van der Waals surface area (Å²) in [6.45, 7) is 6.13. The van der Waals surface area contributed by atoms with E-state index in [1.807, 2.05) is 45.0 Å². The summed E-state index contributed by atoms with van der Waals surface area (Å²) in [4.78, 5) is 40.6. The molecule has 0 fully saturated rings. The number of carbonyl (C=O) groups excluding carboxylic acids is 3. The molecule has 8 nitrogen and oxygen atoms in total. The monoisotopic (exact) mass is 480 g/mol. The Kier molecular flexibility index (Phi) is 8.75. The van der Waals surface area contributed by atoms with E-state index in [1.165, 1.54) is 11.3 Å². The summed E-state index contributed by atoms with van der Waals surface area (Å²) in [5, 5.41) is 10.8. The Balaban J connectivity index is 1.43. The van der Waals surface area contributed by atoms with Gasteiger partial charge in [0.15, 0.2) is 0 Å². The fourth-order valence-corrected chi connectivity index (χ4v) is 3.73. The van der Waals surface area contributed by atoms with E-state index in [4.69, 9.17) is 4.74 Å². The molecule has 0 radical (unpaired) electrons. The van der Waals surface area contributed by atoms with Gasteiger partial charge in [0.25, 0.3) is 0 Å². The highest BCUT2D eigenvalue weighted by Crippen LogP contribution is 2.15. The van der Waals surface area contributed by atoms with Crippen LogP contribution in [0.5, 0.6) is 0 Å². The number of hydrogen-bond donors (Lipinski definition) is 3. The molecule has 0 atom stereocenters. The Morgan fingerprint density at radius 3 is 2.41 bits per heavy atom. The van der Waals surface area contributed by atoms with Crippen LogP contribution >= 0.6 is 11.3 Å². The molecule has 1 aromatic heterocycles. The molecule has 0 aliphatic carbocycles. The fourth-order valence-electron chi connectivity index (χ4n) is 2.95. The average molecular weight is 481 g/mol. The summed E-state index contributed by atoms with van der Waals surface area (Å²) in [7, 11) is 0. The minimum absolute atomic E-state index is 0.0214. The number of thiazole rings is 1. The van der Waals surface area contributed by atoms with E-state index in [-0.39, 0.29) is 31.0 Å². The van der Waals surface area contributed by atoms with Gasteiger partial charge in [0.2, 0.25) is 5.91 Å². The van der Waals surface area contributed by atoms with Crippen LogP contribution in [0, 0.1) is 6.92 Å². The maximum absolute atomic E-state index is 12.3. The minimum atomic E-state index is -0.469. The lowest BCUT2D eigenvalue weighted by Crippen LogP contribution is -2.39. The Labute approximate surface area is 202 Å². The number of amides is 3.